The molecular formula is C13H18ClNO2. The Labute approximate surface area is 107 Å². The van der Waals surface area contributed by atoms with Crippen LogP contribution < -0.4 is 0 Å². The van der Waals surface area contributed by atoms with Crippen molar-refractivity contribution in [2.45, 2.75) is 26.8 Å². The minimum Gasteiger partial charge on any atom is -0.285 e. The summed E-state index contributed by atoms with van der Waals surface area (Å²) in [4.78, 5) is 12.0. The van der Waals surface area contributed by atoms with Gasteiger partial charge in [-0.05, 0) is 26.3 Å². The van der Waals surface area contributed by atoms with Crippen molar-refractivity contribution in [1.82, 2.24) is 5.06 Å². The highest BCUT2D eigenvalue weighted by Gasteiger charge is 2.33. The van der Waals surface area contributed by atoms with Crippen LogP contribution >= 0.6 is 11.6 Å². The smallest absolute Gasteiger partial charge is 0.253 e. The number of nitrogens with zero attached hydrogens (tertiary/aromatic N) is 1. The first-order chi connectivity index (χ1) is 7.90. The number of halogens is 1. The lowest BCUT2D eigenvalue weighted by atomic mass is 9.94. The Bertz CT molecular complexity index is 378. The molecule has 0 aliphatic carbocycles. The summed E-state index contributed by atoms with van der Waals surface area (Å²) in [7, 11) is 0. The van der Waals surface area contributed by atoms with Crippen molar-refractivity contribution >= 4 is 17.5 Å². The molecule has 0 fully saturated rings. The van der Waals surface area contributed by atoms with Gasteiger partial charge in [-0.25, -0.2) is 5.06 Å². The predicted molar refractivity (Wildman–Crippen MR) is 68.0 cm³/mol. The van der Waals surface area contributed by atoms with E-state index in [4.69, 9.17) is 11.6 Å². The van der Waals surface area contributed by atoms with Gasteiger partial charge in [0.1, 0.15) is 0 Å². The molecule has 3 nitrogen and oxygen atoms in total. The molecule has 0 aliphatic heterocycles. The second kappa shape index (κ2) is 5.52. The number of rotatable bonds is 4. The van der Waals surface area contributed by atoms with E-state index in [9.17, 15) is 10.0 Å². The highest BCUT2D eigenvalue weighted by atomic mass is 35.5. The van der Waals surface area contributed by atoms with E-state index in [-0.39, 0.29) is 17.8 Å². The molecule has 1 aromatic carbocycles. The molecule has 0 bridgehead atoms. The van der Waals surface area contributed by atoms with Gasteiger partial charge >= 0.3 is 0 Å². The monoisotopic (exact) mass is 255 g/mol. The fourth-order valence-electron chi connectivity index (χ4n) is 1.42. The van der Waals surface area contributed by atoms with Gasteiger partial charge in [0.2, 0.25) is 0 Å². The quantitative estimate of drug-likeness (QED) is 0.510. The highest BCUT2D eigenvalue weighted by Crippen LogP contribution is 2.26. The van der Waals surface area contributed by atoms with Crippen LogP contribution in [0.15, 0.2) is 30.3 Å². The second-order valence-corrected chi connectivity index (χ2v) is 5.02. The van der Waals surface area contributed by atoms with Crippen molar-refractivity contribution in [2.24, 2.45) is 5.41 Å². The third-order valence-electron chi connectivity index (χ3n) is 2.77. The van der Waals surface area contributed by atoms with Gasteiger partial charge in [0.05, 0.1) is 11.5 Å². The molecule has 1 unspecified atom stereocenters. The molecule has 1 aromatic rings. The van der Waals surface area contributed by atoms with Gasteiger partial charge in [0.15, 0.2) is 0 Å². The topological polar surface area (TPSA) is 40.5 Å². The zero-order chi connectivity index (χ0) is 13.1. The van der Waals surface area contributed by atoms with E-state index in [0.29, 0.717) is 0 Å². The van der Waals surface area contributed by atoms with Crippen LogP contribution in [0.5, 0.6) is 0 Å². The third kappa shape index (κ3) is 3.20. The molecule has 0 saturated carbocycles. The summed E-state index contributed by atoms with van der Waals surface area (Å²) < 4.78 is 0. The van der Waals surface area contributed by atoms with Crippen LogP contribution in [0.4, 0.5) is 0 Å². The molecule has 0 aliphatic rings. The molecule has 17 heavy (non-hydrogen) atoms. The van der Waals surface area contributed by atoms with Crippen molar-refractivity contribution < 1.29 is 10.0 Å². The zero-order valence-electron chi connectivity index (χ0n) is 10.4. The third-order valence-corrected chi connectivity index (χ3v) is 3.44. The number of hydrogen-bond acceptors (Lipinski definition) is 2. The Morgan fingerprint density at radius 1 is 1.41 bits per heavy atom. The summed E-state index contributed by atoms with van der Waals surface area (Å²) in [5, 5.41) is 10.7. The minimum absolute atomic E-state index is 0.171. The molecule has 0 aromatic heterocycles. The molecule has 1 amide bonds. The number of carbonyl (C=O) groups excluding carboxylic acids is 1. The molecule has 0 spiro atoms. The van der Waals surface area contributed by atoms with E-state index in [1.54, 1.807) is 20.8 Å². The van der Waals surface area contributed by atoms with E-state index in [2.05, 4.69) is 0 Å². The highest BCUT2D eigenvalue weighted by molar-refractivity contribution is 6.19. The summed E-state index contributed by atoms with van der Waals surface area (Å²) in [5.41, 5.74) is 0.119. The number of hydrogen-bond donors (Lipinski definition) is 1. The lowest BCUT2D eigenvalue weighted by Gasteiger charge is -2.30. The maximum absolute atomic E-state index is 12.0. The molecule has 0 radical (unpaired) electrons. The largest absolute Gasteiger partial charge is 0.285 e. The summed E-state index contributed by atoms with van der Waals surface area (Å²) in [6.07, 6.45) is 0. The van der Waals surface area contributed by atoms with Crippen LogP contribution in [-0.4, -0.2) is 22.1 Å². The first-order valence-electron chi connectivity index (χ1n) is 5.53. The van der Waals surface area contributed by atoms with Crippen molar-refractivity contribution in [1.29, 1.82) is 0 Å². The molecule has 1 atom stereocenters. The standard InChI is InChI=1S/C13H18ClNO2/c1-10(11-7-5-4-6-8-11)15(17)12(16)13(2,3)9-14/h4-8,10,17H,9H2,1-3H3. The SMILES string of the molecule is CC(c1ccccc1)N(O)C(=O)C(C)(C)CCl. The molecule has 94 valence electrons. The van der Waals surface area contributed by atoms with E-state index < -0.39 is 5.41 Å². The molecule has 0 saturated heterocycles. The van der Waals surface area contributed by atoms with Crippen molar-refractivity contribution in [2.75, 3.05) is 5.88 Å². The lowest BCUT2D eigenvalue weighted by Crippen LogP contribution is -2.41. The average molecular weight is 256 g/mol. The Morgan fingerprint density at radius 3 is 2.41 bits per heavy atom. The van der Waals surface area contributed by atoms with Crippen LogP contribution in [0, 0.1) is 5.41 Å². The first-order valence-corrected chi connectivity index (χ1v) is 6.07. The maximum Gasteiger partial charge on any atom is 0.253 e. The van der Waals surface area contributed by atoms with E-state index in [1.807, 2.05) is 30.3 Å². The summed E-state index contributed by atoms with van der Waals surface area (Å²) in [6.45, 7) is 5.20. The van der Waals surface area contributed by atoms with Crippen LogP contribution in [0.1, 0.15) is 32.4 Å². The van der Waals surface area contributed by atoms with Crippen LogP contribution in [0.3, 0.4) is 0 Å². The molecular weight excluding hydrogens is 238 g/mol. The molecule has 4 heteroatoms. The van der Waals surface area contributed by atoms with Gasteiger partial charge in [-0.3, -0.25) is 10.0 Å². The Morgan fingerprint density at radius 2 is 1.94 bits per heavy atom. The summed E-state index contributed by atoms with van der Waals surface area (Å²) in [5.74, 6) is -0.200. The van der Waals surface area contributed by atoms with Gasteiger partial charge in [-0.2, -0.15) is 0 Å². The molecule has 0 heterocycles. The van der Waals surface area contributed by atoms with Crippen LogP contribution in [-0.2, 0) is 4.79 Å². The van der Waals surface area contributed by atoms with E-state index in [0.717, 1.165) is 10.6 Å². The Kier molecular flexibility index (Phi) is 4.54. The normalized spacial score (nSPS) is 13.2. The minimum atomic E-state index is -0.765. The molecule has 1 N–H and O–H groups in total. The number of carbonyl (C=O) groups is 1. The van der Waals surface area contributed by atoms with E-state index >= 15 is 0 Å². The van der Waals surface area contributed by atoms with Gasteiger partial charge in [0.25, 0.3) is 5.91 Å². The van der Waals surface area contributed by atoms with Crippen molar-refractivity contribution in [3.05, 3.63) is 35.9 Å². The van der Waals surface area contributed by atoms with E-state index in [1.165, 1.54) is 0 Å². The van der Waals surface area contributed by atoms with Gasteiger partial charge in [0, 0.05) is 5.88 Å². The average Bonchev–Trinajstić information content (AvgIpc) is 2.37. The molecule has 1 rings (SSSR count). The van der Waals surface area contributed by atoms with Crippen LogP contribution in [0.25, 0.3) is 0 Å². The second-order valence-electron chi connectivity index (χ2n) is 4.75. The summed E-state index contributed by atoms with van der Waals surface area (Å²) in [6, 6.07) is 8.99. The Hall–Kier alpha value is -1.06. The zero-order valence-corrected chi connectivity index (χ0v) is 11.1. The number of alkyl halides is 1. The predicted octanol–water partition coefficient (Wildman–Crippen LogP) is 3.23. The van der Waals surface area contributed by atoms with Crippen molar-refractivity contribution in [3.63, 3.8) is 0 Å². The maximum atomic E-state index is 12.0. The fourth-order valence-corrected chi connectivity index (χ4v) is 1.53. The number of amides is 1. The Balaban J connectivity index is 2.84. The van der Waals surface area contributed by atoms with Crippen LogP contribution in [0.2, 0.25) is 0 Å². The first kappa shape index (κ1) is 14.0. The van der Waals surface area contributed by atoms with Gasteiger partial charge in [-0.15, -0.1) is 11.6 Å². The number of hydroxylamine groups is 2. The summed E-state index contributed by atoms with van der Waals surface area (Å²) >= 11 is 5.72. The van der Waals surface area contributed by atoms with Gasteiger partial charge < -0.3 is 0 Å². The van der Waals surface area contributed by atoms with Gasteiger partial charge in [-0.1, -0.05) is 30.3 Å². The number of benzene rings is 1. The fraction of sp³-hybridized carbons (Fsp3) is 0.462. The van der Waals surface area contributed by atoms with Crippen molar-refractivity contribution in [3.8, 4) is 0 Å². The lowest BCUT2D eigenvalue weighted by molar-refractivity contribution is -0.184.